The molecule has 0 spiro atoms. The lowest BCUT2D eigenvalue weighted by Gasteiger charge is -2.36. The van der Waals surface area contributed by atoms with Gasteiger partial charge in [-0.1, -0.05) is 12.1 Å². The highest BCUT2D eigenvalue weighted by Gasteiger charge is 2.26. The zero-order valence-corrected chi connectivity index (χ0v) is 7.11. The van der Waals surface area contributed by atoms with Crippen LogP contribution in [0.15, 0.2) is 24.3 Å². The molecule has 1 aliphatic heterocycles. The fourth-order valence-electron chi connectivity index (χ4n) is 1.54. The summed E-state index contributed by atoms with van der Waals surface area (Å²) >= 11 is 0. The molecule has 68 valence electrons. The SMILES string of the molecule is O=CN1CC(c2ccc(F)cc2)C1. The van der Waals surface area contributed by atoms with E-state index >= 15 is 0 Å². The number of amides is 1. The van der Waals surface area contributed by atoms with Crippen molar-refractivity contribution in [2.75, 3.05) is 13.1 Å². The number of halogens is 1. The van der Waals surface area contributed by atoms with Crippen molar-refractivity contribution in [2.45, 2.75) is 5.92 Å². The van der Waals surface area contributed by atoms with Gasteiger partial charge in [-0.05, 0) is 17.7 Å². The number of nitrogens with zero attached hydrogens (tertiary/aromatic N) is 1. The molecule has 0 bridgehead atoms. The zero-order chi connectivity index (χ0) is 9.26. The van der Waals surface area contributed by atoms with Gasteiger partial charge in [0.15, 0.2) is 0 Å². The van der Waals surface area contributed by atoms with Crippen molar-refractivity contribution in [3.63, 3.8) is 0 Å². The number of hydrogen-bond acceptors (Lipinski definition) is 1. The molecule has 1 heterocycles. The van der Waals surface area contributed by atoms with Crippen molar-refractivity contribution in [2.24, 2.45) is 0 Å². The summed E-state index contributed by atoms with van der Waals surface area (Å²) in [6.45, 7) is 1.52. The highest BCUT2D eigenvalue weighted by molar-refractivity contribution is 5.50. The van der Waals surface area contributed by atoms with E-state index in [1.807, 2.05) is 0 Å². The second-order valence-corrected chi connectivity index (χ2v) is 3.31. The summed E-state index contributed by atoms with van der Waals surface area (Å²) < 4.78 is 12.5. The van der Waals surface area contributed by atoms with Gasteiger partial charge < -0.3 is 4.90 Å². The summed E-state index contributed by atoms with van der Waals surface area (Å²) in [5, 5.41) is 0. The Balaban J connectivity index is 2.03. The molecule has 1 saturated heterocycles. The molecule has 1 aromatic carbocycles. The molecule has 2 rings (SSSR count). The molecule has 1 aromatic rings. The Morgan fingerprint density at radius 3 is 2.46 bits per heavy atom. The molecule has 0 atom stereocenters. The molecule has 0 radical (unpaired) electrons. The predicted octanol–water partition coefficient (Wildman–Crippen LogP) is 1.38. The van der Waals surface area contributed by atoms with Crippen LogP contribution in [0, 0.1) is 5.82 Å². The summed E-state index contributed by atoms with van der Waals surface area (Å²) in [4.78, 5) is 12.0. The second-order valence-electron chi connectivity index (χ2n) is 3.31. The van der Waals surface area contributed by atoms with Crippen molar-refractivity contribution in [1.29, 1.82) is 0 Å². The van der Waals surface area contributed by atoms with Crippen molar-refractivity contribution in [1.82, 2.24) is 4.90 Å². The van der Waals surface area contributed by atoms with Gasteiger partial charge in [-0.25, -0.2) is 4.39 Å². The Hall–Kier alpha value is -1.38. The van der Waals surface area contributed by atoms with E-state index in [2.05, 4.69) is 0 Å². The minimum atomic E-state index is -0.213. The van der Waals surface area contributed by atoms with Gasteiger partial charge in [-0.3, -0.25) is 4.79 Å². The van der Waals surface area contributed by atoms with Gasteiger partial charge in [-0.2, -0.15) is 0 Å². The lowest BCUT2D eigenvalue weighted by atomic mass is 9.92. The Kier molecular flexibility index (Phi) is 2.00. The maximum absolute atomic E-state index is 12.5. The first-order chi connectivity index (χ1) is 6.29. The van der Waals surface area contributed by atoms with Crippen LogP contribution in [-0.2, 0) is 4.79 Å². The fourth-order valence-corrected chi connectivity index (χ4v) is 1.54. The third kappa shape index (κ3) is 1.54. The van der Waals surface area contributed by atoms with Crippen LogP contribution in [0.25, 0.3) is 0 Å². The minimum absolute atomic E-state index is 0.213. The molecule has 1 amide bonds. The first kappa shape index (κ1) is 8.23. The Morgan fingerprint density at radius 2 is 1.92 bits per heavy atom. The molecule has 3 heteroatoms. The van der Waals surface area contributed by atoms with Crippen LogP contribution in [0.5, 0.6) is 0 Å². The molecule has 0 aliphatic carbocycles. The van der Waals surface area contributed by atoms with Crippen molar-refractivity contribution in [3.8, 4) is 0 Å². The maximum Gasteiger partial charge on any atom is 0.209 e. The average molecular weight is 179 g/mol. The summed E-state index contributed by atoms with van der Waals surface area (Å²) in [5.41, 5.74) is 1.11. The van der Waals surface area contributed by atoms with Crippen LogP contribution < -0.4 is 0 Å². The predicted molar refractivity (Wildman–Crippen MR) is 46.8 cm³/mol. The molecule has 0 N–H and O–H groups in total. The molecule has 0 saturated carbocycles. The number of carbonyl (C=O) groups excluding carboxylic acids is 1. The van der Waals surface area contributed by atoms with E-state index in [0.29, 0.717) is 5.92 Å². The smallest absolute Gasteiger partial charge is 0.209 e. The van der Waals surface area contributed by atoms with Crippen molar-refractivity contribution >= 4 is 6.41 Å². The maximum atomic E-state index is 12.5. The monoisotopic (exact) mass is 179 g/mol. The van der Waals surface area contributed by atoms with Gasteiger partial charge in [-0.15, -0.1) is 0 Å². The fraction of sp³-hybridized carbons (Fsp3) is 0.300. The number of benzene rings is 1. The first-order valence-electron chi connectivity index (χ1n) is 4.24. The number of likely N-dealkylation sites (tertiary alicyclic amines) is 1. The van der Waals surface area contributed by atoms with Crippen LogP contribution in [0.3, 0.4) is 0 Å². The van der Waals surface area contributed by atoms with E-state index in [1.54, 1.807) is 17.0 Å². The van der Waals surface area contributed by atoms with Gasteiger partial charge in [0.1, 0.15) is 5.82 Å². The summed E-state index contributed by atoms with van der Waals surface area (Å²) in [6, 6.07) is 6.47. The third-order valence-electron chi connectivity index (χ3n) is 2.40. The third-order valence-corrected chi connectivity index (χ3v) is 2.40. The molecule has 0 unspecified atom stereocenters. The summed E-state index contributed by atoms with van der Waals surface area (Å²) in [7, 11) is 0. The summed E-state index contributed by atoms with van der Waals surface area (Å²) in [6.07, 6.45) is 0.847. The van der Waals surface area contributed by atoms with Gasteiger partial charge in [0.2, 0.25) is 6.41 Å². The van der Waals surface area contributed by atoms with Crippen LogP contribution in [-0.4, -0.2) is 24.4 Å². The highest BCUT2D eigenvalue weighted by Crippen LogP contribution is 2.25. The molecular weight excluding hydrogens is 169 g/mol. The molecule has 13 heavy (non-hydrogen) atoms. The lowest BCUT2D eigenvalue weighted by molar-refractivity contribution is -0.122. The van der Waals surface area contributed by atoms with Crippen LogP contribution >= 0.6 is 0 Å². The van der Waals surface area contributed by atoms with Crippen LogP contribution in [0.1, 0.15) is 11.5 Å². The zero-order valence-electron chi connectivity index (χ0n) is 7.11. The van der Waals surface area contributed by atoms with E-state index in [1.165, 1.54) is 12.1 Å². The Morgan fingerprint density at radius 1 is 1.31 bits per heavy atom. The van der Waals surface area contributed by atoms with E-state index in [-0.39, 0.29) is 5.82 Å². The minimum Gasteiger partial charge on any atom is -0.344 e. The van der Waals surface area contributed by atoms with E-state index in [4.69, 9.17) is 0 Å². The number of hydrogen-bond donors (Lipinski definition) is 0. The van der Waals surface area contributed by atoms with Crippen LogP contribution in [0.2, 0.25) is 0 Å². The molecule has 0 aromatic heterocycles. The Labute approximate surface area is 76.0 Å². The molecule has 1 fully saturated rings. The normalized spacial score (nSPS) is 16.8. The molecular formula is C10H10FNO. The average Bonchev–Trinajstić information content (AvgIpc) is 2.06. The van der Waals surface area contributed by atoms with Crippen LogP contribution in [0.4, 0.5) is 4.39 Å². The summed E-state index contributed by atoms with van der Waals surface area (Å²) in [5.74, 6) is 0.182. The topological polar surface area (TPSA) is 20.3 Å². The van der Waals surface area contributed by atoms with Crippen molar-refractivity contribution in [3.05, 3.63) is 35.6 Å². The quantitative estimate of drug-likeness (QED) is 0.628. The van der Waals surface area contributed by atoms with E-state index in [9.17, 15) is 9.18 Å². The molecule has 1 aliphatic rings. The second kappa shape index (κ2) is 3.17. The highest BCUT2D eigenvalue weighted by atomic mass is 19.1. The van der Waals surface area contributed by atoms with Gasteiger partial charge in [0.05, 0.1) is 0 Å². The van der Waals surface area contributed by atoms with Gasteiger partial charge >= 0.3 is 0 Å². The van der Waals surface area contributed by atoms with Gasteiger partial charge in [0, 0.05) is 19.0 Å². The first-order valence-corrected chi connectivity index (χ1v) is 4.24. The van der Waals surface area contributed by atoms with E-state index in [0.717, 1.165) is 25.1 Å². The van der Waals surface area contributed by atoms with Crippen molar-refractivity contribution < 1.29 is 9.18 Å². The van der Waals surface area contributed by atoms with Gasteiger partial charge in [0.25, 0.3) is 0 Å². The standard InChI is InChI=1S/C10H10FNO/c11-10-3-1-8(2-4-10)9-5-12(6-9)7-13/h1-4,7,9H,5-6H2. The number of rotatable bonds is 2. The lowest BCUT2D eigenvalue weighted by Crippen LogP contribution is -2.43. The molecule has 2 nitrogen and oxygen atoms in total. The number of carbonyl (C=O) groups is 1. The Bertz CT molecular complexity index is 303. The van der Waals surface area contributed by atoms with E-state index < -0.39 is 0 Å². The largest absolute Gasteiger partial charge is 0.344 e.